The van der Waals surface area contributed by atoms with Gasteiger partial charge in [0.15, 0.2) is 0 Å². The highest BCUT2D eigenvalue weighted by Gasteiger charge is 2.13. The van der Waals surface area contributed by atoms with Crippen LogP contribution in [0.25, 0.3) is 0 Å². The molecule has 1 aromatic carbocycles. The minimum absolute atomic E-state index is 0.332. The van der Waals surface area contributed by atoms with Crippen LogP contribution in [0.3, 0.4) is 0 Å². The molecule has 1 rings (SSSR count). The first-order valence-electron chi connectivity index (χ1n) is 3.43. The van der Waals surface area contributed by atoms with Crippen molar-refractivity contribution in [1.82, 2.24) is 0 Å². The Hall–Kier alpha value is -0.120. The zero-order valence-electron chi connectivity index (χ0n) is 6.44. The van der Waals surface area contributed by atoms with Crippen LogP contribution >= 0.6 is 27.5 Å². The number of rotatable bonds is 1. The summed E-state index contributed by atoms with van der Waals surface area (Å²) in [5.41, 5.74) is 5.97. The number of nitrogens with two attached hydrogens (primary N) is 1. The average Bonchev–Trinajstić information content (AvgIpc) is 1.97. The van der Waals surface area contributed by atoms with Crippen LogP contribution in [0.4, 0.5) is 4.39 Å². The summed E-state index contributed by atoms with van der Waals surface area (Å²) in [6.45, 7) is 1.71. The maximum atomic E-state index is 13.1. The molecule has 0 spiro atoms. The SMILES string of the molecule is CC(N)c1c(F)ccc(Cl)c1Br. The lowest BCUT2D eigenvalue weighted by atomic mass is 10.1. The fourth-order valence-corrected chi connectivity index (χ4v) is 1.81. The van der Waals surface area contributed by atoms with Gasteiger partial charge in [0.2, 0.25) is 0 Å². The first-order valence-corrected chi connectivity index (χ1v) is 4.60. The maximum absolute atomic E-state index is 13.1. The highest BCUT2D eigenvalue weighted by Crippen LogP contribution is 2.31. The molecule has 1 nitrogen and oxygen atoms in total. The highest BCUT2D eigenvalue weighted by atomic mass is 79.9. The third-order valence-corrected chi connectivity index (χ3v) is 2.93. The second kappa shape index (κ2) is 3.73. The predicted molar refractivity (Wildman–Crippen MR) is 51.7 cm³/mol. The molecule has 66 valence electrons. The Bertz CT molecular complexity index is 301. The molecule has 0 radical (unpaired) electrons. The molecule has 0 saturated carbocycles. The molecule has 0 aromatic heterocycles. The molecule has 1 atom stereocenters. The summed E-state index contributed by atoms with van der Waals surface area (Å²) < 4.78 is 13.7. The predicted octanol–water partition coefficient (Wildman–Crippen LogP) is 3.26. The normalized spacial score (nSPS) is 13.1. The minimum Gasteiger partial charge on any atom is -0.324 e. The summed E-state index contributed by atoms with van der Waals surface area (Å²) >= 11 is 8.94. The lowest BCUT2D eigenvalue weighted by molar-refractivity contribution is 0.592. The Labute approximate surface area is 83.8 Å². The molecular formula is C8H8BrClFN. The number of hydrogen-bond acceptors (Lipinski definition) is 1. The van der Waals surface area contributed by atoms with E-state index in [4.69, 9.17) is 17.3 Å². The Morgan fingerprint density at radius 2 is 2.17 bits per heavy atom. The molecule has 0 aliphatic heterocycles. The van der Waals surface area contributed by atoms with E-state index >= 15 is 0 Å². The van der Waals surface area contributed by atoms with E-state index in [9.17, 15) is 4.39 Å². The molecule has 0 fully saturated rings. The van der Waals surface area contributed by atoms with Gasteiger partial charge in [0.25, 0.3) is 0 Å². The van der Waals surface area contributed by atoms with Gasteiger partial charge in [-0.1, -0.05) is 11.6 Å². The van der Waals surface area contributed by atoms with Gasteiger partial charge in [-0.2, -0.15) is 0 Å². The topological polar surface area (TPSA) is 26.0 Å². The molecule has 2 N–H and O–H groups in total. The van der Waals surface area contributed by atoms with Crippen LogP contribution in [0.2, 0.25) is 5.02 Å². The van der Waals surface area contributed by atoms with Gasteiger partial charge in [0.1, 0.15) is 5.82 Å². The lowest BCUT2D eigenvalue weighted by Crippen LogP contribution is -2.08. The van der Waals surface area contributed by atoms with Crippen molar-refractivity contribution in [2.24, 2.45) is 5.73 Å². The molecule has 0 aliphatic rings. The van der Waals surface area contributed by atoms with Crippen LogP contribution in [-0.2, 0) is 0 Å². The molecule has 0 heterocycles. The third kappa shape index (κ3) is 1.79. The fourth-order valence-electron chi connectivity index (χ4n) is 0.960. The van der Waals surface area contributed by atoms with Gasteiger partial charge >= 0.3 is 0 Å². The van der Waals surface area contributed by atoms with Crippen molar-refractivity contribution < 1.29 is 4.39 Å². The smallest absolute Gasteiger partial charge is 0.129 e. The first-order chi connectivity index (χ1) is 5.54. The fraction of sp³-hybridized carbons (Fsp3) is 0.250. The Morgan fingerprint density at radius 3 is 2.58 bits per heavy atom. The standard InChI is InChI=1S/C8H8BrClFN/c1-4(12)7-6(11)3-2-5(10)8(7)9/h2-4H,12H2,1H3. The molecule has 4 heteroatoms. The van der Waals surface area contributed by atoms with E-state index in [2.05, 4.69) is 15.9 Å². The molecule has 1 aromatic rings. The van der Waals surface area contributed by atoms with Crippen molar-refractivity contribution in [3.05, 3.63) is 33.0 Å². The second-order valence-corrected chi connectivity index (χ2v) is 3.75. The summed E-state index contributed by atoms with van der Waals surface area (Å²) in [4.78, 5) is 0. The second-order valence-electron chi connectivity index (χ2n) is 2.55. The van der Waals surface area contributed by atoms with E-state index < -0.39 is 0 Å². The van der Waals surface area contributed by atoms with Crippen molar-refractivity contribution in [2.45, 2.75) is 13.0 Å². The molecule has 1 unspecified atom stereocenters. The van der Waals surface area contributed by atoms with Gasteiger partial charge in [-0.3, -0.25) is 0 Å². The summed E-state index contributed by atoms with van der Waals surface area (Å²) in [5.74, 6) is -0.332. The Balaban J connectivity index is 3.33. The average molecular weight is 253 g/mol. The number of benzene rings is 1. The highest BCUT2D eigenvalue weighted by molar-refractivity contribution is 9.10. The van der Waals surface area contributed by atoms with Crippen LogP contribution in [0, 0.1) is 5.82 Å². The van der Waals surface area contributed by atoms with Gasteiger partial charge in [-0.05, 0) is 35.0 Å². The quantitative estimate of drug-likeness (QED) is 0.763. The summed E-state index contributed by atoms with van der Waals surface area (Å²) in [6, 6.07) is 2.44. The summed E-state index contributed by atoms with van der Waals surface area (Å²) in [7, 11) is 0. The Morgan fingerprint density at radius 1 is 1.58 bits per heavy atom. The lowest BCUT2D eigenvalue weighted by Gasteiger charge is -2.10. The van der Waals surface area contributed by atoms with Crippen molar-refractivity contribution in [2.75, 3.05) is 0 Å². The molecular weight excluding hydrogens is 244 g/mol. The third-order valence-electron chi connectivity index (χ3n) is 1.53. The molecule has 0 saturated heterocycles. The van der Waals surface area contributed by atoms with Gasteiger partial charge in [0.05, 0.1) is 5.02 Å². The molecule has 0 bridgehead atoms. The number of hydrogen-bond donors (Lipinski definition) is 1. The zero-order chi connectivity index (χ0) is 9.30. The van der Waals surface area contributed by atoms with Crippen molar-refractivity contribution in [3.63, 3.8) is 0 Å². The van der Waals surface area contributed by atoms with Crippen molar-refractivity contribution in [3.8, 4) is 0 Å². The van der Waals surface area contributed by atoms with Gasteiger partial charge < -0.3 is 5.73 Å². The maximum Gasteiger partial charge on any atom is 0.129 e. The van der Waals surface area contributed by atoms with Crippen LogP contribution in [0.15, 0.2) is 16.6 Å². The van der Waals surface area contributed by atoms with Crippen LogP contribution < -0.4 is 5.73 Å². The summed E-state index contributed by atoms with van der Waals surface area (Å²) in [6.07, 6.45) is 0. The van der Waals surface area contributed by atoms with E-state index in [1.165, 1.54) is 12.1 Å². The first kappa shape index (κ1) is 9.96. The van der Waals surface area contributed by atoms with Crippen molar-refractivity contribution in [1.29, 1.82) is 0 Å². The minimum atomic E-state index is -0.363. The van der Waals surface area contributed by atoms with Gasteiger partial charge in [-0.25, -0.2) is 4.39 Å². The van der Waals surface area contributed by atoms with E-state index in [0.717, 1.165) is 0 Å². The van der Waals surface area contributed by atoms with E-state index in [1.807, 2.05) is 0 Å². The van der Waals surface area contributed by atoms with Gasteiger partial charge in [-0.15, -0.1) is 0 Å². The van der Waals surface area contributed by atoms with Crippen molar-refractivity contribution >= 4 is 27.5 Å². The van der Waals surface area contributed by atoms with Crippen LogP contribution in [0.1, 0.15) is 18.5 Å². The molecule has 12 heavy (non-hydrogen) atoms. The Kier molecular flexibility index (Phi) is 3.09. The van der Waals surface area contributed by atoms with E-state index in [1.54, 1.807) is 6.92 Å². The molecule has 0 aliphatic carbocycles. The number of halogens is 3. The van der Waals surface area contributed by atoms with Crippen LogP contribution in [0.5, 0.6) is 0 Å². The molecule has 0 amide bonds. The van der Waals surface area contributed by atoms with E-state index in [0.29, 0.717) is 15.1 Å². The monoisotopic (exact) mass is 251 g/mol. The van der Waals surface area contributed by atoms with Crippen LogP contribution in [-0.4, -0.2) is 0 Å². The zero-order valence-corrected chi connectivity index (χ0v) is 8.79. The largest absolute Gasteiger partial charge is 0.324 e. The van der Waals surface area contributed by atoms with Gasteiger partial charge in [0, 0.05) is 16.1 Å². The van der Waals surface area contributed by atoms with E-state index in [-0.39, 0.29) is 11.9 Å². The summed E-state index contributed by atoms with van der Waals surface area (Å²) in [5, 5.41) is 0.476.